The Kier molecular flexibility index (Phi) is 5.31. The Morgan fingerprint density at radius 3 is 1.85 bits per heavy atom. The lowest BCUT2D eigenvalue weighted by Crippen LogP contribution is -2.24. The minimum Gasteiger partial charge on any atom is -0.312 e. The Labute approximate surface area is 221 Å². The number of fused-ring (bicyclic) bond motifs is 3. The maximum atomic E-state index is 12.8. The fraction of sp³-hybridized carbons (Fsp3) is 0.0333. The molecule has 0 aliphatic carbocycles. The summed E-state index contributed by atoms with van der Waals surface area (Å²) in [6.07, 6.45) is 6.84. The second kappa shape index (κ2) is 8.72. The molecule has 0 radical (unpaired) electrons. The lowest BCUT2D eigenvalue weighted by atomic mass is 9.94. The van der Waals surface area contributed by atoms with Crippen LogP contribution >= 0.6 is 0 Å². The summed E-state index contributed by atoms with van der Waals surface area (Å²) in [4.78, 5) is 73.8. The summed E-state index contributed by atoms with van der Waals surface area (Å²) in [5.74, 6) is -0.301. The molecule has 3 aliphatic rings. The van der Waals surface area contributed by atoms with Crippen molar-refractivity contribution in [3.63, 3.8) is 0 Å². The molecule has 0 atom stereocenters. The smallest absolute Gasteiger partial charge is 0.261 e. The van der Waals surface area contributed by atoms with E-state index in [4.69, 9.17) is 0 Å². The van der Waals surface area contributed by atoms with E-state index in [9.17, 15) is 28.8 Å². The Morgan fingerprint density at radius 1 is 0.615 bits per heavy atom. The van der Waals surface area contributed by atoms with Gasteiger partial charge in [0, 0.05) is 12.6 Å². The van der Waals surface area contributed by atoms with Crippen LogP contribution in [-0.2, 0) is 4.79 Å². The first-order chi connectivity index (χ1) is 18.8. The molecule has 0 fully saturated rings. The van der Waals surface area contributed by atoms with Gasteiger partial charge in [-0.15, -0.1) is 0 Å². The van der Waals surface area contributed by atoms with Crippen molar-refractivity contribution >= 4 is 65.5 Å². The summed E-state index contributed by atoms with van der Waals surface area (Å²) in [7, 11) is 1.43. The van der Waals surface area contributed by atoms with Gasteiger partial charge in [0.05, 0.1) is 27.8 Å². The number of hydrogen-bond donors (Lipinski definition) is 2. The normalized spacial score (nSPS) is 15.7. The summed E-state index contributed by atoms with van der Waals surface area (Å²) in [5, 5.41) is 4.80. The number of imide groups is 2. The molecule has 0 bridgehead atoms. The van der Waals surface area contributed by atoms with Crippen LogP contribution in [0.2, 0.25) is 0 Å². The Morgan fingerprint density at radius 2 is 1.18 bits per heavy atom. The molecule has 3 aliphatic heterocycles. The van der Waals surface area contributed by atoms with E-state index in [-0.39, 0.29) is 28.6 Å². The molecule has 6 rings (SSSR count). The van der Waals surface area contributed by atoms with Gasteiger partial charge >= 0.3 is 0 Å². The molecule has 0 unspecified atom stereocenters. The molecule has 3 heterocycles. The van der Waals surface area contributed by atoms with Crippen molar-refractivity contribution in [1.82, 2.24) is 15.5 Å². The summed E-state index contributed by atoms with van der Waals surface area (Å²) >= 11 is 0. The zero-order chi connectivity index (χ0) is 27.4. The molecule has 188 valence electrons. The number of carbonyl (C=O) groups is 5. The van der Waals surface area contributed by atoms with E-state index >= 15 is 0 Å². The first-order valence-electron chi connectivity index (χ1n) is 11.8. The molecular weight excluding hydrogens is 498 g/mol. The van der Waals surface area contributed by atoms with Crippen LogP contribution in [0.5, 0.6) is 0 Å². The standard InChI is InChI=1S/C30H17N3O6/c1-33-29(38)20-11-5-16(13-22(20)30(33)39)2-6-17-8-9-18(25-24(17)23(14-34)31-28(25)37)7-3-15-4-10-19-21(12-15)27(36)32-26(19)35/h2-13H,1H3,(H,31,37)(H,32,35,36)/b6-2+,7-3+. The van der Waals surface area contributed by atoms with Crippen LogP contribution in [0.25, 0.3) is 30.0 Å². The van der Waals surface area contributed by atoms with E-state index in [1.807, 2.05) is 0 Å². The SMILES string of the molecule is CN1C(=O)c2ccc(/C=C/c3ccc(/C=C/c4ccc5c(c4)C(=O)NC5=O)c4c3C(=C=O)NC4=O)cc2C1=O. The van der Waals surface area contributed by atoms with Gasteiger partial charge in [-0.25, -0.2) is 4.79 Å². The fourth-order valence-electron chi connectivity index (χ4n) is 4.89. The van der Waals surface area contributed by atoms with Crippen molar-refractivity contribution < 1.29 is 28.8 Å². The highest BCUT2D eigenvalue weighted by atomic mass is 16.2. The maximum absolute atomic E-state index is 12.8. The van der Waals surface area contributed by atoms with Crippen molar-refractivity contribution in [3.8, 4) is 0 Å². The number of hydrogen-bond acceptors (Lipinski definition) is 6. The van der Waals surface area contributed by atoms with Crippen LogP contribution in [0.4, 0.5) is 0 Å². The largest absolute Gasteiger partial charge is 0.312 e. The summed E-state index contributed by atoms with van der Waals surface area (Å²) in [6.45, 7) is 0. The molecule has 39 heavy (non-hydrogen) atoms. The predicted octanol–water partition coefficient (Wildman–Crippen LogP) is 3.05. The highest BCUT2D eigenvalue weighted by Crippen LogP contribution is 2.32. The number of nitrogens with one attached hydrogen (secondary N) is 2. The average molecular weight is 515 g/mol. The third-order valence-electron chi connectivity index (χ3n) is 6.87. The topological polar surface area (TPSA) is 130 Å². The number of carbonyl (C=O) groups excluding carboxylic acids is 6. The Bertz CT molecular complexity index is 1820. The number of amides is 5. The van der Waals surface area contributed by atoms with E-state index in [1.54, 1.807) is 78.8 Å². The van der Waals surface area contributed by atoms with Gasteiger partial charge in [-0.1, -0.05) is 48.6 Å². The van der Waals surface area contributed by atoms with Gasteiger partial charge in [0.15, 0.2) is 5.94 Å². The van der Waals surface area contributed by atoms with Gasteiger partial charge in [0.25, 0.3) is 29.5 Å². The highest BCUT2D eigenvalue weighted by Gasteiger charge is 2.33. The molecule has 9 heteroatoms. The second-order valence-electron chi connectivity index (χ2n) is 9.15. The zero-order valence-electron chi connectivity index (χ0n) is 20.3. The summed E-state index contributed by atoms with van der Waals surface area (Å²) in [6, 6.07) is 13.2. The van der Waals surface area contributed by atoms with Gasteiger partial charge in [-0.3, -0.25) is 34.2 Å². The van der Waals surface area contributed by atoms with Crippen molar-refractivity contribution in [2.45, 2.75) is 0 Å². The summed E-state index contributed by atoms with van der Waals surface area (Å²) < 4.78 is 0. The maximum Gasteiger partial charge on any atom is 0.261 e. The van der Waals surface area contributed by atoms with Crippen LogP contribution in [0.15, 0.2) is 48.5 Å². The van der Waals surface area contributed by atoms with Gasteiger partial charge in [0.1, 0.15) is 5.70 Å². The van der Waals surface area contributed by atoms with Gasteiger partial charge in [-0.2, -0.15) is 0 Å². The second-order valence-corrected chi connectivity index (χ2v) is 9.15. The first kappa shape index (κ1) is 23.7. The van der Waals surface area contributed by atoms with Crippen LogP contribution in [0.1, 0.15) is 79.6 Å². The fourth-order valence-corrected chi connectivity index (χ4v) is 4.89. The lowest BCUT2D eigenvalue weighted by molar-refractivity contribution is 0.0691. The van der Waals surface area contributed by atoms with E-state index in [0.29, 0.717) is 44.5 Å². The van der Waals surface area contributed by atoms with Crippen LogP contribution in [-0.4, -0.2) is 47.4 Å². The minimum atomic E-state index is -0.464. The number of rotatable bonds is 4. The predicted molar refractivity (Wildman–Crippen MR) is 142 cm³/mol. The third kappa shape index (κ3) is 3.73. The van der Waals surface area contributed by atoms with E-state index in [0.717, 1.165) is 4.90 Å². The molecule has 3 aromatic carbocycles. The molecule has 3 aromatic rings. The molecule has 0 saturated heterocycles. The van der Waals surface area contributed by atoms with Crippen molar-refractivity contribution in [3.05, 3.63) is 104 Å². The highest BCUT2D eigenvalue weighted by molar-refractivity contribution is 6.22. The monoisotopic (exact) mass is 515 g/mol. The summed E-state index contributed by atoms with van der Waals surface area (Å²) in [5.41, 5.74) is 4.35. The van der Waals surface area contributed by atoms with Crippen molar-refractivity contribution in [2.24, 2.45) is 0 Å². The quantitative estimate of drug-likeness (QED) is 0.312. The number of nitrogens with zero attached hydrogens (tertiary/aromatic N) is 1. The zero-order valence-corrected chi connectivity index (χ0v) is 20.3. The molecule has 2 N–H and O–H groups in total. The van der Waals surface area contributed by atoms with Crippen LogP contribution in [0.3, 0.4) is 0 Å². The van der Waals surface area contributed by atoms with E-state index in [1.165, 1.54) is 7.05 Å². The molecule has 5 amide bonds. The molecular formula is C30H17N3O6. The van der Waals surface area contributed by atoms with Gasteiger partial charge < -0.3 is 5.32 Å². The first-order valence-corrected chi connectivity index (χ1v) is 11.8. The third-order valence-corrected chi connectivity index (χ3v) is 6.87. The average Bonchev–Trinajstić information content (AvgIpc) is 3.51. The minimum absolute atomic E-state index is 0.00830. The molecule has 0 saturated carbocycles. The van der Waals surface area contributed by atoms with Crippen molar-refractivity contribution in [2.75, 3.05) is 7.05 Å². The molecule has 0 aromatic heterocycles. The van der Waals surface area contributed by atoms with Crippen LogP contribution in [0, 0.1) is 0 Å². The van der Waals surface area contributed by atoms with Gasteiger partial charge in [0.2, 0.25) is 0 Å². The molecule has 0 spiro atoms. The Balaban J connectivity index is 1.36. The Hall–Kier alpha value is -5.66. The number of benzene rings is 3. The van der Waals surface area contributed by atoms with Crippen LogP contribution < -0.4 is 10.6 Å². The van der Waals surface area contributed by atoms with E-state index in [2.05, 4.69) is 10.6 Å². The van der Waals surface area contributed by atoms with E-state index < -0.39 is 17.7 Å². The lowest BCUT2D eigenvalue weighted by Gasteiger charge is -2.06. The molecule has 9 nitrogen and oxygen atoms in total. The van der Waals surface area contributed by atoms with Gasteiger partial charge in [-0.05, 0) is 46.5 Å². The van der Waals surface area contributed by atoms with Crippen molar-refractivity contribution in [1.29, 1.82) is 0 Å².